The second-order valence-corrected chi connectivity index (χ2v) is 3.51. The largest absolute Gasteiger partial charge is 0.482 e. The van der Waals surface area contributed by atoms with Gasteiger partial charge in [0.05, 0.1) is 0 Å². The molecule has 82 valence electrons. The Labute approximate surface area is 93.8 Å². The van der Waals surface area contributed by atoms with Crippen molar-refractivity contribution >= 4 is 18.2 Å². The van der Waals surface area contributed by atoms with E-state index in [4.69, 9.17) is 4.74 Å². The van der Waals surface area contributed by atoms with Crippen molar-refractivity contribution in [3.8, 4) is 5.75 Å². The van der Waals surface area contributed by atoms with Crippen LogP contribution in [0.25, 0.3) is 0 Å². The number of fused-ring (bicyclic) bond motifs is 1. The van der Waals surface area contributed by atoms with Crippen molar-refractivity contribution in [1.29, 1.82) is 0 Å². The van der Waals surface area contributed by atoms with Crippen molar-refractivity contribution < 1.29 is 13.9 Å². The van der Waals surface area contributed by atoms with Crippen molar-refractivity contribution in [3.63, 3.8) is 0 Å². The number of carbonyl (C=O) groups is 1. The fourth-order valence-electron chi connectivity index (χ4n) is 1.64. The molecule has 15 heavy (non-hydrogen) atoms. The molecule has 1 aromatic carbocycles. The monoisotopic (exact) mass is 230 g/mol. The summed E-state index contributed by atoms with van der Waals surface area (Å²) >= 11 is 0. The summed E-state index contributed by atoms with van der Waals surface area (Å²) in [6, 6.07) is 4.40. The molecule has 0 unspecified atom stereocenters. The van der Waals surface area contributed by atoms with E-state index in [0.29, 0.717) is 18.6 Å². The second-order valence-electron chi connectivity index (χ2n) is 3.51. The summed E-state index contributed by atoms with van der Waals surface area (Å²) in [5.41, 5.74) is 0.850. The molecule has 2 nitrogen and oxygen atoms in total. The molecule has 0 saturated carbocycles. The maximum Gasteiger partial charge on any atom is 0.170 e. The predicted molar refractivity (Wildman–Crippen MR) is 57.1 cm³/mol. The first-order chi connectivity index (χ1) is 6.66. The second kappa shape index (κ2) is 4.62. The average Bonchev–Trinajstić information content (AvgIpc) is 2.16. The lowest BCUT2D eigenvalue weighted by atomic mass is 10.0. The zero-order valence-electron chi connectivity index (χ0n) is 8.33. The Kier molecular flexibility index (Phi) is 3.69. The van der Waals surface area contributed by atoms with Crippen LogP contribution in [0.15, 0.2) is 18.2 Å². The first kappa shape index (κ1) is 12.0. The molecule has 0 saturated heterocycles. The zero-order chi connectivity index (χ0) is 10.1. The standard InChI is InChI=1S/C11H11FO2.ClH/c1-7(13)10-4-2-8-6-9(12)3-5-11(8)14-10;/h3,5-6,10H,2,4H2,1H3;1H/t10-;/m0./s1. The van der Waals surface area contributed by atoms with Gasteiger partial charge in [0.15, 0.2) is 11.9 Å². The van der Waals surface area contributed by atoms with Crippen molar-refractivity contribution in [2.24, 2.45) is 0 Å². The van der Waals surface area contributed by atoms with Crippen molar-refractivity contribution in [2.75, 3.05) is 0 Å². The van der Waals surface area contributed by atoms with Gasteiger partial charge in [-0.2, -0.15) is 0 Å². The van der Waals surface area contributed by atoms with Gasteiger partial charge < -0.3 is 4.74 Å². The minimum atomic E-state index is -0.354. The summed E-state index contributed by atoms with van der Waals surface area (Å²) in [6.45, 7) is 1.51. The molecule has 1 atom stereocenters. The predicted octanol–water partition coefficient (Wildman–Crippen LogP) is 2.53. The Morgan fingerprint density at radius 1 is 1.53 bits per heavy atom. The van der Waals surface area contributed by atoms with Gasteiger partial charge in [-0.15, -0.1) is 12.4 Å². The van der Waals surface area contributed by atoms with E-state index in [0.717, 1.165) is 5.56 Å². The molecule has 0 amide bonds. The number of Topliss-reactive ketones (excluding diaryl/α,β-unsaturated/α-hetero) is 1. The van der Waals surface area contributed by atoms with Gasteiger partial charge in [0.2, 0.25) is 0 Å². The molecule has 0 spiro atoms. The van der Waals surface area contributed by atoms with Gasteiger partial charge >= 0.3 is 0 Å². The molecule has 0 aromatic heterocycles. The quantitative estimate of drug-likeness (QED) is 0.741. The number of benzene rings is 1. The molecule has 0 radical (unpaired) electrons. The highest BCUT2D eigenvalue weighted by molar-refractivity contribution is 5.85. The van der Waals surface area contributed by atoms with Crippen LogP contribution in [0.4, 0.5) is 4.39 Å². The Hall–Kier alpha value is -1.09. The van der Waals surface area contributed by atoms with Gasteiger partial charge in [-0.3, -0.25) is 4.79 Å². The highest BCUT2D eigenvalue weighted by atomic mass is 35.5. The van der Waals surface area contributed by atoms with E-state index < -0.39 is 0 Å². The fourth-order valence-corrected chi connectivity index (χ4v) is 1.64. The number of halogens is 2. The molecule has 1 heterocycles. The van der Waals surface area contributed by atoms with Crippen LogP contribution in [0.2, 0.25) is 0 Å². The summed E-state index contributed by atoms with van der Waals surface area (Å²) in [6.07, 6.45) is 0.997. The van der Waals surface area contributed by atoms with E-state index in [1.54, 1.807) is 6.07 Å². The summed E-state index contributed by atoms with van der Waals surface area (Å²) in [5.74, 6) is 0.409. The SMILES string of the molecule is CC(=O)[C@@H]1CCc2cc(F)ccc2O1.Cl. The third-order valence-corrected chi connectivity index (χ3v) is 2.42. The topological polar surface area (TPSA) is 26.3 Å². The number of ketones is 1. The van der Waals surface area contributed by atoms with E-state index in [-0.39, 0.29) is 30.1 Å². The lowest BCUT2D eigenvalue weighted by molar-refractivity contribution is -0.124. The third kappa shape index (κ3) is 2.48. The zero-order valence-corrected chi connectivity index (χ0v) is 9.14. The van der Waals surface area contributed by atoms with Crippen molar-refractivity contribution in [3.05, 3.63) is 29.6 Å². The minimum absolute atomic E-state index is 0. The van der Waals surface area contributed by atoms with Gasteiger partial charge in [-0.05, 0) is 43.5 Å². The third-order valence-electron chi connectivity index (χ3n) is 2.42. The van der Waals surface area contributed by atoms with Crippen LogP contribution in [-0.4, -0.2) is 11.9 Å². The first-order valence-corrected chi connectivity index (χ1v) is 4.62. The molecule has 1 aliphatic rings. The molecule has 0 bridgehead atoms. The Morgan fingerprint density at radius 3 is 2.93 bits per heavy atom. The van der Waals surface area contributed by atoms with Crippen LogP contribution in [0.1, 0.15) is 18.9 Å². The molecule has 0 aliphatic carbocycles. The lowest BCUT2D eigenvalue weighted by Crippen LogP contribution is -2.29. The molecule has 2 rings (SSSR count). The molecular formula is C11H12ClFO2. The van der Waals surface area contributed by atoms with E-state index >= 15 is 0 Å². The number of hydrogen-bond acceptors (Lipinski definition) is 2. The molecule has 0 fully saturated rings. The lowest BCUT2D eigenvalue weighted by Gasteiger charge is -2.23. The summed E-state index contributed by atoms with van der Waals surface area (Å²) < 4.78 is 18.3. The van der Waals surface area contributed by atoms with Gasteiger partial charge in [0, 0.05) is 0 Å². The average molecular weight is 231 g/mol. The summed E-state index contributed by atoms with van der Waals surface area (Å²) in [7, 11) is 0. The van der Waals surface area contributed by atoms with Gasteiger partial charge in [-0.1, -0.05) is 0 Å². The maximum absolute atomic E-state index is 12.8. The molecular weight excluding hydrogens is 219 g/mol. The van der Waals surface area contributed by atoms with E-state index in [1.165, 1.54) is 19.1 Å². The van der Waals surface area contributed by atoms with Crippen LogP contribution in [-0.2, 0) is 11.2 Å². The van der Waals surface area contributed by atoms with Crippen LogP contribution >= 0.6 is 12.4 Å². The van der Waals surface area contributed by atoms with E-state index in [1.807, 2.05) is 0 Å². The minimum Gasteiger partial charge on any atom is -0.482 e. The Balaban J connectivity index is 0.00000112. The van der Waals surface area contributed by atoms with Crippen molar-refractivity contribution in [2.45, 2.75) is 25.9 Å². The molecule has 1 aromatic rings. The van der Waals surface area contributed by atoms with Gasteiger partial charge in [-0.25, -0.2) is 4.39 Å². The normalized spacial score (nSPS) is 18.4. The number of ether oxygens (including phenoxy) is 1. The highest BCUT2D eigenvalue weighted by Gasteiger charge is 2.23. The Morgan fingerprint density at radius 2 is 2.27 bits per heavy atom. The highest BCUT2D eigenvalue weighted by Crippen LogP contribution is 2.28. The van der Waals surface area contributed by atoms with Crippen LogP contribution in [0.3, 0.4) is 0 Å². The van der Waals surface area contributed by atoms with Gasteiger partial charge in [0.25, 0.3) is 0 Å². The van der Waals surface area contributed by atoms with Crippen molar-refractivity contribution in [1.82, 2.24) is 0 Å². The molecule has 4 heteroatoms. The van der Waals surface area contributed by atoms with E-state index in [2.05, 4.69) is 0 Å². The van der Waals surface area contributed by atoms with Crippen LogP contribution in [0.5, 0.6) is 5.75 Å². The van der Waals surface area contributed by atoms with E-state index in [9.17, 15) is 9.18 Å². The molecule has 0 N–H and O–H groups in total. The smallest absolute Gasteiger partial charge is 0.170 e. The van der Waals surface area contributed by atoms with Crippen LogP contribution in [0, 0.1) is 5.82 Å². The number of hydrogen-bond donors (Lipinski definition) is 0. The number of carbonyl (C=O) groups excluding carboxylic acids is 1. The Bertz CT molecular complexity index is 379. The number of aryl methyl sites for hydroxylation is 1. The van der Waals surface area contributed by atoms with Crippen LogP contribution < -0.4 is 4.74 Å². The van der Waals surface area contributed by atoms with Gasteiger partial charge in [0.1, 0.15) is 11.6 Å². The fraction of sp³-hybridized carbons (Fsp3) is 0.364. The summed E-state index contributed by atoms with van der Waals surface area (Å²) in [4.78, 5) is 11.1. The maximum atomic E-state index is 12.8. The summed E-state index contributed by atoms with van der Waals surface area (Å²) in [5, 5.41) is 0. The number of rotatable bonds is 1. The molecule has 1 aliphatic heterocycles. The first-order valence-electron chi connectivity index (χ1n) is 4.62.